The third-order valence-electron chi connectivity index (χ3n) is 6.04. The molecule has 1 aliphatic heterocycles. The first-order valence-electron chi connectivity index (χ1n) is 11.9. The van der Waals surface area contributed by atoms with E-state index < -0.39 is 0 Å². The zero-order chi connectivity index (χ0) is 23.2. The summed E-state index contributed by atoms with van der Waals surface area (Å²) in [4.78, 5) is 17.4. The molecule has 33 heavy (non-hydrogen) atoms. The van der Waals surface area contributed by atoms with Crippen molar-refractivity contribution >= 4 is 17.0 Å². The lowest BCUT2D eigenvalue weighted by Gasteiger charge is -2.31. The number of nitrogens with zero attached hydrogens (tertiary/aromatic N) is 2. The van der Waals surface area contributed by atoms with E-state index in [1.165, 1.54) is 0 Å². The molecule has 6 nitrogen and oxygen atoms in total. The predicted molar refractivity (Wildman–Crippen MR) is 131 cm³/mol. The number of amides is 2. The summed E-state index contributed by atoms with van der Waals surface area (Å²) in [5.74, 6) is 2.12. The van der Waals surface area contributed by atoms with Crippen molar-refractivity contribution in [3.63, 3.8) is 0 Å². The van der Waals surface area contributed by atoms with Gasteiger partial charge in [-0.05, 0) is 68.7 Å². The summed E-state index contributed by atoms with van der Waals surface area (Å²) in [5, 5.41) is 4.30. The van der Waals surface area contributed by atoms with Gasteiger partial charge in [-0.2, -0.15) is 0 Å². The van der Waals surface area contributed by atoms with E-state index in [9.17, 15) is 4.79 Å². The number of hydrogen-bond donors (Lipinski definition) is 1. The van der Waals surface area contributed by atoms with Gasteiger partial charge in [0.25, 0.3) is 0 Å². The molecular formula is C27H35N3O3. The van der Waals surface area contributed by atoms with E-state index in [-0.39, 0.29) is 12.1 Å². The highest BCUT2D eigenvalue weighted by Crippen LogP contribution is 2.22. The van der Waals surface area contributed by atoms with E-state index in [0.717, 1.165) is 54.0 Å². The first-order chi connectivity index (χ1) is 16.0. The summed E-state index contributed by atoms with van der Waals surface area (Å²) >= 11 is 0. The Hall–Kier alpha value is -2.99. The molecule has 2 aromatic carbocycles. The first kappa shape index (κ1) is 23.2. The minimum absolute atomic E-state index is 0.0508. The van der Waals surface area contributed by atoms with Gasteiger partial charge in [-0.3, -0.25) is 0 Å². The predicted octanol–water partition coefficient (Wildman–Crippen LogP) is 5.27. The van der Waals surface area contributed by atoms with Crippen molar-refractivity contribution in [1.82, 2.24) is 15.1 Å². The van der Waals surface area contributed by atoms with Crippen LogP contribution in [0.1, 0.15) is 38.0 Å². The fourth-order valence-electron chi connectivity index (χ4n) is 4.10. The van der Waals surface area contributed by atoms with Gasteiger partial charge in [0.15, 0.2) is 0 Å². The highest BCUT2D eigenvalue weighted by atomic mass is 16.5. The summed E-state index contributed by atoms with van der Waals surface area (Å²) in [6.45, 7) is 7.88. The van der Waals surface area contributed by atoms with Crippen LogP contribution in [0.5, 0.6) is 5.75 Å². The lowest BCUT2D eigenvalue weighted by Crippen LogP contribution is -2.48. The van der Waals surface area contributed by atoms with E-state index >= 15 is 0 Å². The molecular weight excluding hydrogens is 414 g/mol. The number of furan rings is 1. The Morgan fingerprint density at radius 2 is 1.85 bits per heavy atom. The largest absolute Gasteiger partial charge is 0.493 e. The van der Waals surface area contributed by atoms with Crippen LogP contribution in [-0.4, -0.2) is 48.6 Å². The van der Waals surface area contributed by atoms with E-state index in [1.54, 1.807) is 0 Å². The van der Waals surface area contributed by atoms with E-state index in [0.29, 0.717) is 25.6 Å². The summed E-state index contributed by atoms with van der Waals surface area (Å²) in [6, 6.07) is 18.1. The number of nitrogens with one attached hydrogen (secondary N) is 1. The molecule has 4 rings (SSSR count). The summed E-state index contributed by atoms with van der Waals surface area (Å²) in [7, 11) is 2.13. The molecule has 2 heterocycles. The van der Waals surface area contributed by atoms with Crippen LogP contribution in [0, 0.1) is 5.92 Å². The number of rotatable bonds is 8. The van der Waals surface area contributed by atoms with Gasteiger partial charge in [-0.1, -0.05) is 44.2 Å². The molecule has 0 bridgehead atoms. The smallest absolute Gasteiger partial charge is 0.318 e. The number of hydrogen-bond acceptors (Lipinski definition) is 4. The average molecular weight is 450 g/mol. The normalized spacial score (nSPS) is 15.2. The van der Waals surface area contributed by atoms with Crippen LogP contribution >= 0.6 is 0 Å². The lowest BCUT2D eigenvalue weighted by atomic mass is 10.1. The SMILES string of the molecule is CC(C)COc1ccc(CN(Cc2cc3ccccc3o2)C(=O)NC2CCN(C)CC2)cc1. The van der Waals surface area contributed by atoms with E-state index in [4.69, 9.17) is 9.15 Å². The van der Waals surface area contributed by atoms with Gasteiger partial charge in [0.1, 0.15) is 17.1 Å². The molecule has 0 unspecified atom stereocenters. The van der Waals surface area contributed by atoms with Crippen molar-refractivity contribution in [2.45, 2.75) is 45.8 Å². The molecule has 176 valence electrons. The fourth-order valence-corrected chi connectivity index (χ4v) is 4.10. The summed E-state index contributed by atoms with van der Waals surface area (Å²) in [6.07, 6.45) is 1.95. The fraction of sp³-hybridized carbons (Fsp3) is 0.444. The number of benzene rings is 2. The molecule has 1 saturated heterocycles. The zero-order valence-corrected chi connectivity index (χ0v) is 19.9. The number of urea groups is 1. The molecule has 1 fully saturated rings. The van der Waals surface area contributed by atoms with Crippen LogP contribution in [0.2, 0.25) is 0 Å². The Morgan fingerprint density at radius 3 is 2.55 bits per heavy atom. The van der Waals surface area contributed by atoms with Crippen molar-refractivity contribution in [3.05, 3.63) is 65.9 Å². The Balaban J connectivity index is 1.47. The number of carbonyl (C=O) groups is 1. The summed E-state index contributed by atoms with van der Waals surface area (Å²) < 4.78 is 11.8. The molecule has 2 amide bonds. The molecule has 0 saturated carbocycles. The first-order valence-corrected chi connectivity index (χ1v) is 11.9. The topological polar surface area (TPSA) is 58.0 Å². The second kappa shape index (κ2) is 10.8. The van der Waals surface area contributed by atoms with Crippen molar-refractivity contribution in [2.24, 2.45) is 5.92 Å². The van der Waals surface area contributed by atoms with Crippen LogP contribution in [0.25, 0.3) is 11.0 Å². The number of fused-ring (bicyclic) bond motifs is 1. The van der Waals surface area contributed by atoms with Gasteiger partial charge < -0.3 is 24.3 Å². The number of piperidine rings is 1. The standard InChI is InChI=1S/C27H35N3O3/c1-20(2)19-32-24-10-8-21(9-11-24)17-30(27(31)28-23-12-14-29(3)15-13-23)18-25-16-22-6-4-5-7-26(22)33-25/h4-11,16,20,23H,12-15,17-19H2,1-3H3,(H,28,31). The second-order valence-corrected chi connectivity index (χ2v) is 9.48. The lowest BCUT2D eigenvalue weighted by molar-refractivity contribution is 0.172. The minimum Gasteiger partial charge on any atom is -0.493 e. The molecule has 0 atom stereocenters. The van der Waals surface area contributed by atoms with Crippen LogP contribution in [0.15, 0.2) is 59.0 Å². The number of carbonyl (C=O) groups excluding carboxylic acids is 1. The highest BCUT2D eigenvalue weighted by molar-refractivity contribution is 5.78. The summed E-state index contributed by atoms with van der Waals surface area (Å²) in [5.41, 5.74) is 1.90. The number of likely N-dealkylation sites (tertiary alicyclic amines) is 1. The second-order valence-electron chi connectivity index (χ2n) is 9.48. The van der Waals surface area contributed by atoms with Crippen LogP contribution in [-0.2, 0) is 13.1 Å². The van der Waals surface area contributed by atoms with Gasteiger partial charge in [0.05, 0.1) is 13.2 Å². The average Bonchev–Trinajstić information content (AvgIpc) is 3.22. The molecule has 1 aromatic heterocycles. The molecule has 1 aliphatic rings. The van der Waals surface area contributed by atoms with Crippen molar-refractivity contribution in [3.8, 4) is 5.75 Å². The van der Waals surface area contributed by atoms with Crippen LogP contribution < -0.4 is 10.1 Å². The number of ether oxygens (including phenoxy) is 1. The van der Waals surface area contributed by atoms with Gasteiger partial charge >= 0.3 is 6.03 Å². The quantitative estimate of drug-likeness (QED) is 0.509. The van der Waals surface area contributed by atoms with E-state index in [2.05, 4.69) is 31.1 Å². The minimum atomic E-state index is -0.0508. The van der Waals surface area contributed by atoms with Crippen molar-refractivity contribution < 1.29 is 13.9 Å². The van der Waals surface area contributed by atoms with Crippen LogP contribution in [0.4, 0.5) is 4.79 Å². The molecule has 6 heteroatoms. The molecule has 0 radical (unpaired) electrons. The van der Waals surface area contributed by atoms with Gasteiger partial charge in [0, 0.05) is 18.0 Å². The maximum Gasteiger partial charge on any atom is 0.318 e. The van der Waals surface area contributed by atoms with Crippen LogP contribution in [0.3, 0.4) is 0 Å². The monoisotopic (exact) mass is 449 g/mol. The van der Waals surface area contributed by atoms with Gasteiger partial charge in [0.2, 0.25) is 0 Å². The molecule has 0 aliphatic carbocycles. The number of para-hydroxylation sites is 1. The molecule has 0 spiro atoms. The van der Waals surface area contributed by atoms with Gasteiger partial charge in [-0.25, -0.2) is 4.79 Å². The Labute approximate surface area is 196 Å². The van der Waals surface area contributed by atoms with Crippen molar-refractivity contribution in [1.29, 1.82) is 0 Å². The maximum atomic E-state index is 13.3. The highest BCUT2D eigenvalue weighted by Gasteiger charge is 2.23. The third kappa shape index (κ3) is 6.51. The Morgan fingerprint density at radius 1 is 1.12 bits per heavy atom. The molecule has 3 aromatic rings. The zero-order valence-electron chi connectivity index (χ0n) is 19.9. The van der Waals surface area contributed by atoms with E-state index in [1.807, 2.05) is 59.5 Å². The van der Waals surface area contributed by atoms with Gasteiger partial charge in [-0.15, -0.1) is 0 Å². The third-order valence-corrected chi connectivity index (χ3v) is 6.04. The Bertz CT molecular complexity index is 1000. The molecule has 1 N–H and O–H groups in total. The maximum absolute atomic E-state index is 13.3. The van der Waals surface area contributed by atoms with Crippen molar-refractivity contribution in [2.75, 3.05) is 26.7 Å². The Kier molecular flexibility index (Phi) is 7.55.